The third kappa shape index (κ3) is 5.23. The van der Waals surface area contributed by atoms with Crippen LogP contribution >= 0.6 is 0 Å². The number of rotatable bonds is 7. The Bertz CT molecular complexity index is 1210. The predicted molar refractivity (Wildman–Crippen MR) is 133 cm³/mol. The van der Waals surface area contributed by atoms with Gasteiger partial charge in [-0.2, -0.15) is 15.0 Å². The Kier molecular flexibility index (Phi) is 6.95. The number of anilines is 2. The largest absolute Gasteiger partial charge is 0.447 e. The van der Waals surface area contributed by atoms with Gasteiger partial charge < -0.3 is 10.1 Å². The fraction of sp³-hybridized carbons (Fsp3) is 0.423. The molecule has 0 saturated carbocycles. The number of ether oxygens (including phenoxy) is 1. The molecular weight excluding hydrogens is 447 g/mol. The van der Waals surface area contributed by atoms with Gasteiger partial charge in [0, 0.05) is 17.7 Å². The molecule has 184 valence electrons. The highest BCUT2D eigenvalue weighted by Crippen LogP contribution is 2.28. The number of cyclic esters (lactones) is 1. The number of pyridine rings is 1. The Morgan fingerprint density at radius 2 is 1.80 bits per heavy atom. The molecule has 2 atom stereocenters. The Morgan fingerprint density at radius 1 is 1.06 bits per heavy atom. The molecule has 3 heterocycles. The quantitative estimate of drug-likeness (QED) is 0.468. The maximum absolute atomic E-state index is 13.6. The normalized spacial score (nSPS) is 16.7. The Morgan fingerprint density at radius 3 is 2.43 bits per heavy atom. The minimum absolute atomic E-state index is 0.0419. The van der Waals surface area contributed by atoms with Crippen molar-refractivity contribution in [3.05, 3.63) is 59.4 Å². The summed E-state index contributed by atoms with van der Waals surface area (Å²) in [6.45, 7) is 12.1. The SMILES string of the molecule is Cc1cc(-c2ccc([C@H](C)Nc3nc(C(C)C)nc(N4C(=O)OCC4C(C)C)n3)nc2)ccc1F. The minimum atomic E-state index is -0.447. The summed E-state index contributed by atoms with van der Waals surface area (Å²) >= 11 is 0. The second kappa shape index (κ2) is 9.93. The summed E-state index contributed by atoms with van der Waals surface area (Å²) in [6.07, 6.45) is 1.32. The molecule has 1 aliphatic rings. The van der Waals surface area contributed by atoms with E-state index in [1.54, 1.807) is 25.3 Å². The van der Waals surface area contributed by atoms with Crippen LogP contribution in [-0.2, 0) is 4.74 Å². The highest BCUT2D eigenvalue weighted by Gasteiger charge is 2.38. The molecule has 1 fully saturated rings. The first-order valence-electron chi connectivity index (χ1n) is 11.8. The van der Waals surface area contributed by atoms with Crippen molar-refractivity contribution < 1.29 is 13.9 Å². The van der Waals surface area contributed by atoms with Gasteiger partial charge in [0.15, 0.2) is 0 Å². The van der Waals surface area contributed by atoms with Crippen LogP contribution in [0.5, 0.6) is 0 Å². The van der Waals surface area contributed by atoms with Crippen molar-refractivity contribution in [3.63, 3.8) is 0 Å². The minimum Gasteiger partial charge on any atom is -0.447 e. The van der Waals surface area contributed by atoms with Crippen LogP contribution in [0, 0.1) is 18.7 Å². The molecule has 1 unspecified atom stereocenters. The number of carbonyl (C=O) groups excluding carboxylic acids is 1. The molecule has 1 saturated heterocycles. The maximum atomic E-state index is 13.6. The van der Waals surface area contributed by atoms with E-state index in [2.05, 4.69) is 25.3 Å². The van der Waals surface area contributed by atoms with Crippen molar-refractivity contribution in [2.75, 3.05) is 16.8 Å². The molecule has 0 aliphatic carbocycles. The molecule has 9 heteroatoms. The van der Waals surface area contributed by atoms with Crippen molar-refractivity contribution in [1.82, 2.24) is 19.9 Å². The van der Waals surface area contributed by atoms with Gasteiger partial charge in [-0.1, -0.05) is 39.8 Å². The molecule has 1 aliphatic heterocycles. The number of aryl methyl sites for hydroxylation is 1. The number of amides is 1. The van der Waals surface area contributed by atoms with E-state index in [0.717, 1.165) is 16.8 Å². The van der Waals surface area contributed by atoms with Gasteiger partial charge in [0.25, 0.3) is 0 Å². The molecule has 2 aromatic heterocycles. The fourth-order valence-corrected chi connectivity index (χ4v) is 3.89. The zero-order valence-electron chi connectivity index (χ0n) is 20.9. The lowest BCUT2D eigenvalue weighted by molar-refractivity contribution is 0.177. The highest BCUT2D eigenvalue weighted by molar-refractivity contribution is 5.88. The van der Waals surface area contributed by atoms with Crippen LogP contribution in [0.15, 0.2) is 36.5 Å². The number of halogens is 1. The van der Waals surface area contributed by atoms with E-state index < -0.39 is 6.09 Å². The molecule has 3 aromatic rings. The molecule has 1 aromatic carbocycles. The van der Waals surface area contributed by atoms with Gasteiger partial charge in [-0.15, -0.1) is 0 Å². The number of nitrogens with zero attached hydrogens (tertiary/aromatic N) is 5. The third-order valence-corrected chi connectivity index (χ3v) is 6.12. The fourth-order valence-electron chi connectivity index (χ4n) is 3.89. The molecule has 0 spiro atoms. The van der Waals surface area contributed by atoms with Crippen LogP contribution in [0.3, 0.4) is 0 Å². The predicted octanol–water partition coefficient (Wildman–Crippen LogP) is 5.66. The summed E-state index contributed by atoms with van der Waals surface area (Å²) in [4.78, 5) is 32.3. The molecule has 1 N–H and O–H groups in total. The van der Waals surface area contributed by atoms with Crippen molar-refractivity contribution in [3.8, 4) is 11.1 Å². The number of benzene rings is 1. The average Bonchev–Trinajstić information content (AvgIpc) is 3.22. The number of hydrogen-bond acceptors (Lipinski definition) is 7. The van der Waals surface area contributed by atoms with Gasteiger partial charge in [0.2, 0.25) is 11.9 Å². The Balaban J connectivity index is 1.58. The molecule has 0 radical (unpaired) electrons. The Labute approximate surface area is 205 Å². The maximum Gasteiger partial charge on any atom is 0.417 e. The zero-order chi connectivity index (χ0) is 25.3. The number of aromatic nitrogens is 4. The van der Waals surface area contributed by atoms with Crippen LogP contribution in [-0.4, -0.2) is 38.7 Å². The average molecular weight is 479 g/mol. The summed E-state index contributed by atoms with van der Waals surface area (Å²) in [7, 11) is 0. The van der Waals surface area contributed by atoms with Crippen LogP contribution in [0.2, 0.25) is 0 Å². The second-order valence-electron chi connectivity index (χ2n) is 9.53. The third-order valence-electron chi connectivity index (χ3n) is 6.12. The van der Waals surface area contributed by atoms with Crippen LogP contribution < -0.4 is 10.2 Å². The van der Waals surface area contributed by atoms with Gasteiger partial charge in [0.05, 0.1) is 17.8 Å². The lowest BCUT2D eigenvalue weighted by Crippen LogP contribution is -2.38. The van der Waals surface area contributed by atoms with Gasteiger partial charge in [-0.05, 0) is 49.1 Å². The van der Waals surface area contributed by atoms with Crippen molar-refractivity contribution in [1.29, 1.82) is 0 Å². The second-order valence-corrected chi connectivity index (χ2v) is 9.53. The monoisotopic (exact) mass is 478 g/mol. The molecule has 8 nitrogen and oxygen atoms in total. The van der Waals surface area contributed by atoms with Crippen LogP contribution in [0.4, 0.5) is 21.1 Å². The number of hydrogen-bond donors (Lipinski definition) is 1. The van der Waals surface area contributed by atoms with E-state index in [1.807, 2.05) is 46.8 Å². The first-order valence-corrected chi connectivity index (χ1v) is 11.8. The van der Waals surface area contributed by atoms with Crippen molar-refractivity contribution in [2.24, 2.45) is 5.92 Å². The summed E-state index contributed by atoms with van der Waals surface area (Å²) in [5.74, 6) is 1.24. The summed E-state index contributed by atoms with van der Waals surface area (Å²) in [5, 5.41) is 3.30. The first-order chi connectivity index (χ1) is 16.6. The van der Waals surface area contributed by atoms with E-state index in [1.165, 1.54) is 11.0 Å². The van der Waals surface area contributed by atoms with E-state index in [4.69, 9.17) is 4.74 Å². The highest BCUT2D eigenvalue weighted by atomic mass is 19.1. The van der Waals surface area contributed by atoms with Gasteiger partial charge in [-0.25, -0.2) is 14.1 Å². The van der Waals surface area contributed by atoms with Crippen molar-refractivity contribution in [2.45, 2.75) is 59.5 Å². The summed E-state index contributed by atoms with van der Waals surface area (Å²) in [6, 6.07) is 8.55. The molecular formula is C26H31FN6O2. The molecule has 0 bridgehead atoms. The molecule has 1 amide bonds. The summed E-state index contributed by atoms with van der Waals surface area (Å²) in [5.41, 5.74) is 3.20. The van der Waals surface area contributed by atoms with Gasteiger partial charge in [0.1, 0.15) is 18.2 Å². The number of nitrogens with one attached hydrogen (secondary N) is 1. The smallest absolute Gasteiger partial charge is 0.417 e. The Hall–Kier alpha value is -3.62. The summed E-state index contributed by atoms with van der Waals surface area (Å²) < 4.78 is 18.9. The zero-order valence-corrected chi connectivity index (χ0v) is 20.9. The van der Waals surface area contributed by atoms with E-state index in [0.29, 0.717) is 23.9 Å². The molecule has 4 rings (SSSR count). The molecule has 35 heavy (non-hydrogen) atoms. The standard InChI is InChI=1S/C26H31FN6O2/c1-14(2)22-13-35-26(34)33(22)25-31-23(15(3)4)30-24(32-25)29-17(6)21-10-8-19(12-28-21)18-7-9-20(27)16(5)11-18/h7-12,14-15,17,22H,13H2,1-6H3,(H,29,30,31,32)/t17-,22?/m0/s1. The van der Waals surface area contributed by atoms with Gasteiger partial charge in [-0.3, -0.25) is 4.98 Å². The van der Waals surface area contributed by atoms with Gasteiger partial charge >= 0.3 is 6.09 Å². The lowest BCUT2D eigenvalue weighted by Gasteiger charge is -2.23. The topological polar surface area (TPSA) is 93.1 Å². The first kappa shape index (κ1) is 24.5. The number of carbonyl (C=O) groups is 1. The van der Waals surface area contributed by atoms with Crippen LogP contribution in [0.1, 0.15) is 63.7 Å². The lowest BCUT2D eigenvalue weighted by atomic mass is 10.0. The van der Waals surface area contributed by atoms with E-state index in [9.17, 15) is 9.18 Å². The van der Waals surface area contributed by atoms with E-state index >= 15 is 0 Å². The van der Waals surface area contributed by atoms with Crippen LogP contribution in [0.25, 0.3) is 11.1 Å². The van der Waals surface area contributed by atoms with Crippen molar-refractivity contribution >= 4 is 18.0 Å². The van der Waals surface area contributed by atoms with E-state index in [-0.39, 0.29) is 35.7 Å².